The predicted molar refractivity (Wildman–Crippen MR) is 86.8 cm³/mol. The summed E-state index contributed by atoms with van der Waals surface area (Å²) in [7, 11) is 0. The molecule has 8 nitrogen and oxygen atoms in total. The lowest BCUT2D eigenvalue weighted by Gasteiger charge is -2.12. The van der Waals surface area contributed by atoms with Crippen LogP contribution in [-0.2, 0) is 9.59 Å². The van der Waals surface area contributed by atoms with Crippen LogP contribution >= 0.6 is 0 Å². The van der Waals surface area contributed by atoms with Crippen LogP contribution in [0, 0.1) is 11.8 Å². The Hall–Kier alpha value is -3.34. The van der Waals surface area contributed by atoms with Crippen LogP contribution in [0.3, 0.4) is 0 Å². The molecule has 24 heavy (non-hydrogen) atoms. The molecule has 0 saturated carbocycles. The smallest absolute Gasteiger partial charge is 0.308 e. The molecular weight excluding hydrogens is 308 g/mol. The Kier molecular flexibility index (Phi) is 5.91. The highest BCUT2D eigenvalue weighted by Crippen LogP contribution is 2.08. The summed E-state index contributed by atoms with van der Waals surface area (Å²) in [6.07, 6.45) is 13.1. The van der Waals surface area contributed by atoms with E-state index in [0.29, 0.717) is 0 Å². The van der Waals surface area contributed by atoms with Gasteiger partial charge in [0.15, 0.2) is 11.8 Å². The van der Waals surface area contributed by atoms with Crippen LogP contribution in [0.1, 0.15) is 0 Å². The molecule has 2 N–H and O–H groups in total. The number of nitrogens with one attached hydrogen (secondary N) is 2. The molecule has 2 amide bonds. The molecule has 0 aromatic rings. The van der Waals surface area contributed by atoms with Crippen LogP contribution < -0.4 is 10.6 Å². The first-order valence-corrected chi connectivity index (χ1v) is 7.36. The van der Waals surface area contributed by atoms with Gasteiger partial charge < -0.3 is 21.7 Å². The Bertz CT molecular complexity index is 685. The van der Waals surface area contributed by atoms with Crippen molar-refractivity contribution in [3.8, 4) is 0 Å². The van der Waals surface area contributed by atoms with E-state index in [-0.39, 0.29) is 36.3 Å². The largest absolute Gasteiger partial charge is 0.361 e. The van der Waals surface area contributed by atoms with Gasteiger partial charge in [0, 0.05) is 25.2 Å². The number of hydrogen-bond donors (Lipinski definition) is 2. The molecule has 0 radical (unpaired) electrons. The van der Waals surface area contributed by atoms with Gasteiger partial charge in [-0.1, -0.05) is 36.5 Å². The second-order valence-electron chi connectivity index (χ2n) is 5.08. The minimum Gasteiger partial charge on any atom is -0.361 e. The van der Waals surface area contributed by atoms with Crippen LogP contribution in [0.2, 0.25) is 0 Å². The van der Waals surface area contributed by atoms with Gasteiger partial charge in [-0.3, -0.25) is 9.59 Å². The summed E-state index contributed by atoms with van der Waals surface area (Å²) in [5, 5.41) is 5.32. The van der Waals surface area contributed by atoms with E-state index in [1.54, 1.807) is 48.6 Å². The molecule has 0 spiro atoms. The molecular formula is C16H16N6O2. The summed E-state index contributed by atoms with van der Waals surface area (Å²) < 4.78 is 0. The summed E-state index contributed by atoms with van der Waals surface area (Å²) in [4.78, 5) is 30.2. The van der Waals surface area contributed by atoms with Crippen molar-refractivity contribution in [3.63, 3.8) is 0 Å². The number of nitrogens with zero attached hydrogens (tertiary/aromatic N) is 4. The molecule has 8 heteroatoms. The Morgan fingerprint density at radius 2 is 1.25 bits per heavy atom. The molecule has 0 aromatic heterocycles. The van der Waals surface area contributed by atoms with Crippen LogP contribution in [-0.4, -0.2) is 45.9 Å². The van der Waals surface area contributed by atoms with Crippen molar-refractivity contribution >= 4 is 23.2 Å². The maximum Gasteiger partial charge on any atom is 0.308 e. The minimum absolute atomic E-state index is 0.217. The van der Waals surface area contributed by atoms with Crippen molar-refractivity contribution in [3.05, 3.63) is 59.7 Å². The summed E-state index contributed by atoms with van der Waals surface area (Å²) in [5.74, 6) is -1.96. The first kappa shape index (κ1) is 17.0. The van der Waals surface area contributed by atoms with E-state index in [0.717, 1.165) is 0 Å². The topological polar surface area (TPSA) is 131 Å². The maximum atomic E-state index is 12.0. The number of amides is 2. The standard InChI is InChI=1S/C16H16N6O2/c17-21-13-7-3-1-5-11(13)15(23)19-9-10-20-16(24)12-6-2-4-8-14(12)22-18/h1-8,11-12H,9-10H2,(H,19,23)(H,20,24). The van der Waals surface area contributed by atoms with Crippen molar-refractivity contribution in [2.45, 2.75) is 0 Å². The second-order valence-corrected chi connectivity index (χ2v) is 5.08. The highest BCUT2D eigenvalue weighted by atomic mass is 16.2. The molecule has 0 fully saturated rings. The molecule has 2 aliphatic carbocycles. The zero-order chi connectivity index (χ0) is 17.4. The predicted octanol–water partition coefficient (Wildman–Crippen LogP) is 0.0448. The van der Waals surface area contributed by atoms with Crippen LogP contribution in [0.15, 0.2) is 48.6 Å². The third kappa shape index (κ3) is 4.10. The molecule has 2 rings (SSSR count). The zero-order valence-electron chi connectivity index (χ0n) is 12.8. The third-order valence-corrected chi connectivity index (χ3v) is 3.52. The third-order valence-electron chi connectivity index (χ3n) is 3.52. The molecule has 122 valence electrons. The van der Waals surface area contributed by atoms with Crippen LogP contribution in [0.4, 0.5) is 0 Å². The van der Waals surface area contributed by atoms with E-state index in [1.165, 1.54) is 0 Å². The highest BCUT2D eigenvalue weighted by molar-refractivity contribution is 6.10. The quantitative estimate of drug-likeness (QED) is 0.420. The molecule has 0 heterocycles. The normalized spacial score (nSPS) is 21.2. The Morgan fingerprint density at radius 1 is 0.833 bits per heavy atom. The molecule has 0 aliphatic heterocycles. The molecule has 0 bridgehead atoms. The van der Waals surface area contributed by atoms with Crippen molar-refractivity contribution in [2.75, 3.05) is 13.1 Å². The first-order valence-electron chi connectivity index (χ1n) is 7.36. The van der Waals surface area contributed by atoms with Gasteiger partial charge in [-0.25, -0.2) is 0 Å². The van der Waals surface area contributed by atoms with E-state index < -0.39 is 11.8 Å². The fourth-order valence-electron chi connectivity index (χ4n) is 2.29. The van der Waals surface area contributed by atoms with Gasteiger partial charge in [0.25, 0.3) is 0 Å². The van der Waals surface area contributed by atoms with Gasteiger partial charge in [0.1, 0.15) is 0 Å². The van der Waals surface area contributed by atoms with Gasteiger partial charge in [-0.05, 0) is 0 Å². The Morgan fingerprint density at radius 3 is 1.62 bits per heavy atom. The average molecular weight is 324 g/mol. The van der Waals surface area contributed by atoms with Crippen molar-refractivity contribution in [2.24, 2.45) is 11.8 Å². The van der Waals surface area contributed by atoms with Gasteiger partial charge >= 0.3 is 11.4 Å². The summed E-state index contributed by atoms with van der Waals surface area (Å²) >= 11 is 0. The van der Waals surface area contributed by atoms with Crippen LogP contribution in [0.5, 0.6) is 0 Å². The van der Waals surface area contributed by atoms with Crippen molar-refractivity contribution in [1.82, 2.24) is 10.6 Å². The molecule has 0 aromatic carbocycles. The Labute approximate surface area is 138 Å². The van der Waals surface area contributed by atoms with Gasteiger partial charge in [-0.2, -0.15) is 9.58 Å². The maximum absolute atomic E-state index is 12.0. The SMILES string of the molecule is [N-]=[N+]=C1C=CC=CC1C(=O)NCCNC(=O)C1C=CC=CC1=[N+]=[N-]. The average Bonchev–Trinajstić information content (AvgIpc) is 2.64. The van der Waals surface area contributed by atoms with Crippen molar-refractivity contribution < 1.29 is 19.2 Å². The lowest BCUT2D eigenvalue weighted by molar-refractivity contribution is -0.124. The molecule has 2 unspecified atom stereocenters. The number of allylic oxidation sites excluding steroid dienone is 6. The van der Waals surface area contributed by atoms with E-state index in [9.17, 15) is 9.59 Å². The van der Waals surface area contributed by atoms with E-state index >= 15 is 0 Å². The Balaban J connectivity index is 1.79. The lowest BCUT2D eigenvalue weighted by atomic mass is 9.97. The van der Waals surface area contributed by atoms with E-state index in [1.807, 2.05) is 0 Å². The summed E-state index contributed by atoms with van der Waals surface area (Å²) in [6, 6.07) is 0. The number of hydrogen-bond acceptors (Lipinski definition) is 2. The fourth-order valence-corrected chi connectivity index (χ4v) is 2.29. The zero-order valence-corrected chi connectivity index (χ0v) is 12.8. The van der Waals surface area contributed by atoms with E-state index in [2.05, 4.69) is 20.2 Å². The number of carbonyl (C=O) groups excluding carboxylic acids is 2. The lowest BCUT2D eigenvalue weighted by Crippen LogP contribution is -2.42. The minimum atomic E-state index is -0.657. The summed E-state index contributed by atoms with van der Waals surface area (Å²) in [5.41, 5.74) is 18.2. The highest BCUT2D eigenvalue weighted by Gasteiger charge is 2.29. The van der Waals surface area contributed by atoms with Crippen molar-refractivity contribution in [1.29, 1.82) is 0 Å². The fraction of sp³-hybridized carbons (Fsp3) is 0.250. The van der Waals surface area contributed by atoms with Crippen LogP contribution in [0.25, 0.3) is 11.1 Å². The van der Waals surface area contributed by atoms with Gasteiger partial charge in [0.05, 0.1) is 0 Å². The molecule has 2 aliphatic rings. The first-order chi connectivity index (χ1) is 11.7. The molecule has 0 saturated heterocycles. The number of rotatable bonds is 5. The summed E-state index contributed by atoms with van der Waals surface area (Å²) in [6.45, 7) is 0.435. The van der Waals surface area contributed by atoms with Gasteiger partial charge in [0.2, 0.25) is 11.8 Å². The second kappa shape index (κ2) is 8.33. The monoisotopic (exact) mass is 324 g/mol. The van der Waals surface area contributed by atoms with Gasteiger partial charge in [-0.15, -0.1) is 0 Å². The van der Waals surface area contributed by atoms with E-state index in [4.69, 9.17) is 11.1 Å². The number of carbonyl (C=O) groups is 2. The molecule has 2 atom stereocenters.